The molecule has 1 aromatic carbocycles. The Kier molecular flexibility index (Phi) is 7.08. The maximum absolute atomic E-state index is 12.0. The first-order valence-electron chi connectivity index (χ1n) is 9.11. The Hall–Kier alpha value is -2.27. The Morgan fingerprint density at radius 2 is 2.11 bits per heavy atom. The molecule has 0 fully saturated rings. The lowest BCUT2D eigenvalue weighted by atomic mass is 10.1. The van der Waals surface area contributed by atoms with E-state index in [0.717, 1.165) is 17.8 Å². The fourth-order valence-electron chi connectivity index (χ4n) is 2.60. The molecule has 0 spiro atoms. The van der Waals surface area contributed by atoms with Crippen molar-refractivity contribution in [1.82, 2.24) is 5.32 Å². The molecule has 2 atom stereocenters. The van der Waals surface area contributed by atoms with Gasteiger partial charge in [0.05, 0.1) is 6.04 Å². The highest BCUT2D eigenvalue weighted by molar-refractivity contribution is 6.68. The number of allylic oxidation sites excluding steroid dienone is 3. The molecule has 0 aromatic heterocycles. The number of nitrogens with one attached hydrogen (secondary N) is 2. The quantitative estimate of drug-likeness (QED) is 0.688. The molecule has 0 radical (unpaired) electrons. The molecule has 2 rings (SSSR count). The van der Waals surface area contributed by atoms with Gasteiger partial charge in [0.1, 0.15) is 16.6 Å². The van der Waals surface area contributed by atoms with Gasteiger partial charge in [-0.15, -0.1) is 0 Å². The monoisotopic (exact) mass is 389 g/mol. The maximum Gasteiger partial charge on any atom is 0.412 e. The van der Waals surface area contributed by atoms with Crippen LogP contribution >= 0.6 is 11.6 Å². The fourth-order valence-corrected chi connectivity index (χ4v) is 2.78. The van der Waals surface area contributed by atoms with E-state index in [1.807, 2.05) is 64.1 Å². The summed E-state index contributed by atoms with van der Waals surface area (Å²) in [5.41, 5.74) is 1.16. The van der Waals surface area contributed by atoms with Gasteiger partial charge in [-0.3, -0.25) is 5.32 Å². The highest BCUT2D eigenvalue weighted by Gasteiger charge is 2.17. The molecule has 0 saturated carbocycles. The highest BCUT2D eigenvalue weighted by Crippen LogP contribution is 2.21. The lowest BCUT2D eigenvalue weighted by Gasteiger charge is -2.21. The molecule has 0 saturated heterocycles. The smallest absolute Gasteiger partial charge is 0.412 e. The van der Waals surface area contributed by atoms with Gasteiger partial charge in [0.15, 0.2) is 0 Å². The van der Waals surface area contributed by atoms with Crippen LogP contribution in [0, 0.1) is 5.92 Å². The van der Waals surface area contributed by atoms with Gasteiger partial charge in [-0.2, -0.15) is 0 Å². The number of rotatable bonds is 4. The zero-order valence-corrected chi connectivity index (χ0v) is 17.3. The number of carbonyl (C=O) groups excluding carboxylic acids is 1. The van der Waals surface area contributed by atoms with Crippen LogP contribution in [0.15, 0.2) is 53.3 Å². The Labute approximate surface area is 166 Å². The summed E-state index contributed by atoms with van der Waals surface area (Å²) in [4.78, 5) is 16.4. The number of amides is 1. The van der Waals surface area contributed by atoms with Crippen molar-refractivity contribution >= 4 is 28.6 Å². The van der Waals surface area contributed by atoms with Gasteiger partial charge in [0, 0.05) is 5.69 Å². The SMILES string of the molecule is CC1\C=C(N[C@@H](C)c2cccc(NC(=O)OC(C)(C)C)c2)/N=C(Cl)/C=C/C1. The van der Waals surface area contributed by atoms with Gasteiger partial charge >= 0.3 is 6.09 Å². The van der Waals surface area contributed by atoms with E-state index in [2.05, 4.69) is 28.6 Å². The van der Waals surface area contributed by atoms with Crippen molar-refractivity contribution in [2.45, 2.75) is 52.7 Å². The molecular formula is C21H28ClN3O2. The molecule has 0 aliphatic carbocycles. The van der Waals surface area contributed by atoms with Crippen LogP contribution in [0.1, 0.15) is 52.6 Å². The van der Waals surface area contributed by atoms with Crippen LogP contribution < -0.4 is 10.6 Å². The molecule has 1 unspecified atom stereocenters. The standard InChI is InChI=1S/C21H28ClN3O2/c1-14-8-6-11-18(22)25-19(12-14)23-15(2)16-9-7-10-17(13-16)24-20(26)27-21(3,4)5/h6-7,9-15,23H,8H2,1-5H3,(H,24,26)/b11-6+,19-12-,25-18-/t14?,15-/m0/s1. The topological polar surface area (TPSA) is 62.7 Å². The van der Waals surface area contributed by atoms with E-state index in [-0.39, 0.29) is 6.04 Å². The summed E-state index contributed by atoms with van der Waals surface area (Å²) in [5, 5.41) is 6.61. The number of nitrogens with zero attached hydrogens (tertiary/aromatic N) is 1. The number of aliphatic imine (C=N–C) groups is 1. The Morgan fingerprint density at radius 3 is 2.81 bits per heavy atom. The first-order valence-corrected chi connectivity index (χ1v) is 9.49. The number of carbonyl (C=O) groups is 1. The second-order valence-corrected chi connectivity index (χ2v) is 8.11. The zero-order valence-electron chi connectivity index (χ0n) is 16.5. The molecule has 6 heteroatoms. The number of anilines is 1. The summed E-state index contributed by atoms with van der Waals surface area (Å²) in [6.45, 7) is 9.67. The van der Waals surface area contributed by atoms with Crippen LogP contribution in [0.5, 0.6) is 0 Å². The van der Waals surface area contributed by atoms with Gasteiger partial charge in [0.25, 0.3) is 0 Å². The molecule has 5 nitrogen and oxygen atoms in total. The normalized spacial score (nSPS) is 23.6. The van der Waals surface area contributed by atoms with E-state index in [1.54, 1.807) is 0 Å². The number of hydrogen-bond acceptors (Lipinski definition) is 4. The largest absolute Gasteiger partial charge is 0.444 e. The summed E-state index contributed by atoms with van der Waals surface area (Å²) < 4.78 is 5.30. The van der Waals surface area contributed by atoms with Crippen molar-refractivity contribution in [3.63, 3.8) is 0 Å². The second kappa shape index (κ2) is 9.09. The van der Waals surface area contributed by atoms with Crippen molar-refractivity contribution < 1.29 is 9.53 Å². The van der Waals surface area contributed by atoms with Gasteiger partial charge in [-0.05, 0) is 69.9 Å². The van der Waals surface area contributed by atoms with Crippen molar-refractivity contribution in [3.05, 3.63) is 53.9 Å². The molecule has 146 valence electrons. The fraction of sp³-hybridized carbons (Fsp3) is 0.429. The first kappa shape index (κ1) is 21.0. The molecule has 27 heavy (non-hydrogen) atoms. The number of benzene rings is 1. The lowest BCUT2D eigenvalue weighted by molar-refractivity contribution is 0.0636. The molecule has 0 bridgehead atoms. The number of halogens is 1. The van der Waals surface area contributed by atoms with E-state index in [1.165, 1.54) is 0 Å². The van der Waals surface area contributed by atoms with Crippen LogP contribution in [0.2, 0.25) is 0 Å². The number of ether oxygens (including phenoxy) is 1. The maximum atomic E-state index is 12.0. The lowest BCUT2D eigenvalue weighted by Crippen LogP contribution is -2.27. The Balaban J connectivity index is 2.09. The van der Waals surface area contributed by atoms with Crippen LogP contribution in [-0.4, -0.2) is 16.9 Å². The molecular weight excluding hydrogens is 362 g/mol. The van der Waals surface area contributed by atoms with Crippen molar-refractivity contribution in [2.24, 2.45) is 10.9 Å². The molecule has 1 amide bonds. The average Bonchev–Trinajstić information content (AvgIpc) is 2.51. The molecule has 2 N–H and O–H groups in total. The van der Waals surface area contributed by atoms with E-state index in [9.17, 15) is 4.79 Å². The van der Waals surface area contributed by atoms with E-state index < -0.39 is 11.7 Å². The Morgan fingerprint density at radius 1 is 1.37 bits per heavy atom. The summed E-state index contributed by atoms with van der Waals surface area (Å²) in [7, 11) is 0. The van der Waals surface area contributed by atoms with E-state index in [4.69, 9.17) is 16.3 Å². The Bertz CT molecular complexity index is 763. The minimum Gasteiger partial charge on any atom is -0.444 e. The highest BCUT2D eigenvalue weighted by atomic mass is 35.5. The molecule has 1 heterocycles. The van der Waals surface area contributed by atoms with Gasteiger partial charge < -0.3 is 10.1 Å². The van der Waals surface area contributed by atoms with Crippen LogP contribution in [0.4, 0.5) is 10.5 Å². The predicted octanol–water partition coefficient (Wildman–Crippen LogP) is 5.76. The van der Waals surface area contributed by atoms with Crippen molar-refractivity contribution in [2.75, 3.05) is 5.32 Å². The van der Waals surface area contributed by atoms with E-state index in [0.29, 0.717) is 16.8 Å². The third-order valence-corrected chi connectivity index (χ3v) is 4.04. The van der Waals surface area contributed by atoms with Gasteiger partial charge in [-0.25, -0.2) is 9.79 Å². The minimum absolute atomic E-state index is 0.0135. The summed E-state index contributed by atoms with van der Waals surface area (Å²) in [6, 6.07) is 7.63. The van der Waals surface area contributed by atoms with Crippen LogP contribution in [0.3, 0.4) is 0 Å². The van der Waals surface area contributed by atoms with Gasteiger partial charge in [0.2, 0.25) is 0 Å². The molecule has 1 aromatic rings. The predicted molar refractivity (Wildman–Crippen MR) is 112 cm³/mol. The third kappa shape index (κ3) is 7.47. The minimum atomic E-state index is -0.538. The summed E-state index contributed by atoms with van der Waals surface area (Å²) in [6.07, 6.45) is 6.37. The summed E-state index contributed by atoms with van der Waals surface area (Å²) >= 11 is 6.12. The van der Waals surface area contributed by atoms with Crippen molar-refractivity contribution in [3.8, 4) is 0 Å². The summed E-state index contributed by atoms with van der Waals surface area (Å²) in [5.74, 6) is 1.11. The van der Waals surface area contributed by atoms with Crippen molar-refractivity contribution in [1.29, 1.82) is 0 Å². The zero-order chi connectivity index (χ0) is 20.0. The molecule has 1 aliphatic heterocycles. The molecule has 1 aliphatic rings. The van der Waals surface area contributed by atoms with E-state index >= 15 is 0 Å². The van der Waals surface area contributed by atoms with Crippen LogP contribution in [-0.2, 0) is 4.74 Å². The first-order chi connectivity index (χ1) is 12.6. The van der Waals surface area contributed by atoms with Crippen LogP contribution in [0.25, 0.3) is 0 Å². The average molecular weight is 390 g/mol. The second-order valence-electron chi connectivity index (χ2n) is 7.72. The van der Waals surface area contributed by atoms with Gasteiger partial charge in [-0.1, -0.05) is 36.7 Å². The number of hydrogen-bond donors (Lipinski definition) is 2. The third-order valence-electron chi connectivity index (χ3n) is 3.83.